The van der Waals surface area contributed by atoms with Gasteiger partial charge in [0.25, 0.3) is 5.91 Å². The lowest BCUT2D eigenvalue weighted by molar-refractivity contribution is 0.0737. The number of nitrogens with zero attached hydrogens (tertiary/aromatic N) is 3. The fourth-order valence-electron chi connectivity index (χ4n) is 4.24. The van der Waals surface area contributed by atoms with E-state index in [1.54, 1.807) is 12.1 Å². The maximum Gasteiger partial charge on any atom is 0.270 e. The van der Waals surface area contributed by atoms with Crippen LogP contribution in [-0.4, -0.2) is 41.6 Å². The molecule has 4 aromatic rings. The number of anilines is 1. The second-order valence-electron chi connectivity index (χ2n) is 7.95. The molecule has 1 aromatic heterocycles. The van der Waals surface area contributed by atoms with E-state index in [1.807, 2.05) is 82.1 Å². The summed E-state index contributed by atoms with van der Waals surface area (Å²) >= 11 is 0. The summed E-state index contributed by atoms with van der Waals surface area (Å²) in [5.74, 6) is 1.26. The Morgan fingerprint density at radius 1 is 0.844 bits per heavy atom. The molecule has 3 aromatic carbocycles. The van der Waals surface area contributed by atoms with Gasteiger partial charge in [-0.1, -0.05) is 30.3 Å². The van der Waals surface area contributed by atoms with Crippen LogP contribution in [0.4, 0.5) is 10.1 Å². The molecule has 1 fully saturated rings. The summed E-state index contributed by atoms with van der Waals surface area (Å²) < 4.78 is 22.0. The standard InChI is InChI=1S/C26H24FN3O2/c1-28-23-12-11-21(32-20-7-3-2-4-8-20)17-19(23)18-25(28)26(31)30-15-13-29(14-16-30)24-10-6-5-9-22(24)27/h2-12,17-18H,13-16H2,1H3. The molecule has 0 bridgehead atoms. The monoisotopic (exact) mass is 429 g/mol. The van der Waals surface area contributed by atoms with E-state index in [2.05, 4.69) is 0 Å². The van der Waals surface area contributed by atoms with Gasteiger partial charge in [0.15, 0.2) is 0 Å². The lowest BCUT2D eigenvalue weighted by Gasteiger charge is -2.36. The number of rotatable bonds is 4. The second kappa shape index (κ2) is 8.38. The summed E-state index contributed by atoms with van der Waals surface area (Å²) in [4.78, 5) is 17.1. The zero-order valence-corrected chi connectivity index (χ0v) is 17.9. The van der Waals surface area contributed by atoms with Gasteiger partial charge < -0.3 is 19.1 Å². The van der Waals surface area contributed by atoms with Crippen LogP contribution in [0, 0.1) is 5.82 Å². The van der Waals surface area contributed by atoms with Crippen molar-refractivity contribution in [3.05, 3.63) is 90.4 Å². The van der Waals surface area contributed by atoms with Crippen molar-refractivity contribution in [2.75, 3.05) is 31.1 Å². The number of piperazine rings is 1. The number of carbonyl (C=O) groups excluding carboxylic acids is 1. The van der Waals surface area contributed by atoms with Crippen molar-refractivity contribution in [1.82, 2.24) is 9.47 Å². The number of aryl methyl sites for hydroxylation is 1. The Morgan fingerprint density at radius 3 is 2.31 bits per heavy atom. The van der Waals surface area contributed by atoms with Gasteiger partial charge >= 0.3 is 0 Å². The van der Waals surface area contributed by atoms with Crippen LogP contribution in [0.2, 0.25) is 0 Å². The zero-order chi connectivity index (χ0) is 22.1. The van der Waals surface area contributed by atoms with Gasteiger partial charge in [0.1, 0.15) is 23.0 Å². The second-order valence-corrected chi connectivity index (χ2v) is 7.95. The summed E-state index contributed by atoms with van der Waals surface area (Å²) in [5.41, 5.74) is 2.20. The smallest absolute Gasteiger partial charge is 0.270 e. The highest BCUT2D eigenvalue weighted by molar-refractivity contribution is 5.99. The number of amides is 1. The van der Waals surface area contributed by atoms with Crippen LogP contribution >= 0.6 is 0 Å². The summed E-state index contributed by atoms with van der Waals surface area (Å²) in [6.45, 7) is 2.31. The maximum atomic E-state index is 14.1. The van der Waals surface area contributed by atoms with Crippen molar-refractivity contribution in [1.29, 1.82) is 0 Å². The molecule has 0 saturated carbocycles. The van der Waals surface area contributed by atoms with Crippen LogP contribution in [-0.2, 0) is 7.05 Å². The fraction of sp³-hybridized carbons (Fsp3) is 0.192. The number of carbonyl (C=O) groups is 1. The van der Waals surface area contributed by atoms with Crippen molar-refractivity contribution in [2.24, 2.45) is 7.05 Å². The highest BCUT2D eigenvalue weighted by Gasteiger charge is 2.25. The highest BCUT2D eigenvalue weighted by Crippen LogP contribution is 2.28. The summed E-state index contributed by atoms with van der Waals surface area (Å²) in [6.07, 6.45) is 0. The van der Waals surface area contributed by atoms with Gasteiger partial charge in [-0.2, -0.15) is 0 Å². The first kappa shape index (κ1) is 20.1. The number of hydrogen-bond donors (Lipinski definition) is 0. The Morgan fingerprint density at radius 2 is 1.56 bits per heavy atom. The molecule has 162 valence electrons. The molecule has 1 amide bonds. The van der Waals surface area contributed by atoms with Gasteiger partial charge in [-0.25, -0.2) is 4.39 Å². The molecule has 6 heteroatoms. The molecule has 32 heavy (non-hydrogen) atoms. The van der Waals surface area contributed by atoms with E-state index in [1.165, 1.54) is 6.07 Å². The number of fused-ring (bicyclic) bond motifs is 1. The normalized spacial score (nSPS) is 14.1. The Labute approximate surface area is 186 Å². The molecule has 0 unspecified atom stereocenters. The number of ether oxygens (including phenoxy) is 1. The van der Waals surface area contributed by atoms with Crippen LogP contribution in [0.25, 0.3) is 10.9 Å². The van der Waals surface area contributed by atoms with E-state index in [-0.39, 0.29) is 11.7 Å². The number of hydrogen-bond acceptors (Lipinski definition) is 3. The van der Waals surface area contributed by atoms with Crippen molar-refractivity contribution in [3.8, 4) is 11.5 Å². The molecule has 0 radical (unpaired) electrons. The number of para-hydroxylation sites is 2. The molecular weight excluding hydrogens is 405 g/mol. The molecule has 2 heterocycles. The average Bonchev–Trinajstić information content (AvgIpc) is 3.15. The number of benzene rings is 3. The van der Waals surface area contributed by atoms with Gasteiger partial charge in [0, 0.05) is 44.1 Å². The summed E-state index contributed by atoms with van der Waals surface area (Å²) in [5, 5.41) is 0.953. The predicted molar refractivity (Wildman–Crippen MR) is 124 cm³/mol. The molecule has 0 spiro atoms. The van der Waals surface area contributed by atoms with Gasteiger partial charge in [-0.05, 0) is 48.5 Å². The van der Waals surface area contributed by atoms with E-state index in [0.717, 1.165) is 22.4 Å². The van der Waals surface area contributed by atoms with E-state index in [4.69, 9.17) is 4.74 Å². The van der Waals surface area contributed by atoms with Crippen molar-refractivity contribution in [2.45, 2.75) is 0 Å². The van der Waals surface area contributed by atoms with E-state index in [0.29, 0.717) is 37.6 Å². The average molecular weight is 429 g/mol. The van der Waals surface area contributed by atoms with E-state index in [9.17, 15) is 9.18 Å². The minimum atomic E-state index is -0.227. The van der Waals surface area contributed by atoms with Gasteiger partial charge in [-0.15, -0.1) is 0 Å². The lowest BCUT2D eigenvalue weighted by Crippen LogP contribution is -2.49. The minimum absolute atomic E-state index is 0.0117. The highest BCUT2D eigenvalue weighted by atomic mass is 19.1. The third-order valence-electron chi connectivity index (χ3n) is 5.97. The number of halogens is 1. The quantitative estimate of drug-likeness (QED) is 0.455. The Hall–Kier alpha value is -3.80. The molecule has 0 N–H and O–H groups in total. The third-order valence-corrected chi connectivity index (χ3v) is 5.97. The van der Waals surface area contributed by atoms with Gasteiger partial charge in [0.05, 0.1) is 5.69 Å². The third kappa shape index (κ3) is 3.80. The Balaban J connectivity index is 1.32. The molecule has 0 atom stereocenters. The van der Waals surface area contributed by atoms with Crippen LogP contribution in [0.1, 0.15) is 10.5 Å². The fourth-order valence-corrected chi connectivity index (χ4v) is 4.24. The summed E-state index contributed by atoms with van der Waals surface area (Å²) in [6, 6.07) is 24.2. The Kier molecular flexibility index (Phi) is 5.27. The topological polar surface area (TPSA) is 37.7 Å². The summed E-state index contributed by atoms with van der Waals surface area (Å²) in [7, 11) is 1.91. The van der Waals surface area contributed by atoms with Crippen LogP contribution in [0.3, 0.4) is 0 Å². The van der Waals surface area contributed by atoms with Gasteiger partial charge in [-0.3, -0.25) is 4.79 Å². The first-order valence-corrected chi connectivity index (χ1v) is 10.7. The number of aromatic nitrogens is 1. The SMILES string of the molecule is Cn1c(C(=O)N2CCN(c3ccccc3F)CC2)cc2cc(Oc3ccccc3)ccc21. The van der Waals surface area contributed by atoms with Crippen molar-refractivity contribution in [3.63, 3.8) is 0 Å². The van der Waals surface area contributed by atoms with Crippen LogP contribution in [0.5, 0.6) is 11.5 Å². The van der Waals surface area contributed by atoms with Crippen LogP contribution in [0.15, 0.2) is 78.9 Å². The van der Waals surface area contributed by atoms with Crippen molar-refractivity contribution < 1.29 is 13.9 Å². The van der Waals surface area contributed by atoms with E-state index < -0.39 is 0 Å². The molecule has 1 saturated heterocycles. The molecule has 5 rings (SSSR count). The minimum Gasteiger partial charge on any atom is -0.457 e. The Bertz CT molecular complexity index is 1260. The predicted octanol–water partition coefficient (Wildman–Crippen LogP) is 5.07. The van der Waals surface area contributed by atoms with Gasteiger partial charge in [0.2, 0.25) is 0 Å². The lowest BCUT2D eigenvalue weighted by atomic mass is 10.2. The first-order valence-electron chi connectivity index (χ1n) is 10.7. The zero-order valence-electron chi connectivity index (χ0n) is 17.9. The maximum absolute atomic E-state index is 14.1. The molecule has 1 aliphatic heterocycles. The van der Waals surface area contributed by atoms with E-state index >= 15 is 0 Å². The van der Waals surface area contributed by atoms with Crippen LogP contribution < -0.4 is 9.64 Å². The largest absolute Gasteiger partial charge is 0.457 e. The molecule has 1 aliphatic rings. The molecule has 5 nitrogen and oxygen atoms in total. The first-order chi connectivity index (χ1) is 15.6. The molecular formula is C26H24FN3O2. The van der Waals surface area contributed by atoms with Crippen molar-refractivity contribution >= 4 is 22.5 Å². The molecule has 0 aliphatic carbocycles.